The van der Waals surface area contributed by atoms with Crippen LogP contribution in [-0.2, 0) is 10.3 Å². The smallest absolute Gasteiger partial charge is 0.406 e. The van der Waals surface area contributed by atoms with Crippen LogP contribution in [0.1, 0.15) is 18.1 Å². The van der Waals surface area contributed by atoms with Gasteiger partial charge in [-0.25, -0.2) is 10.2 Å². The van der Waals surface area contributed by atoms with E-state index >= 15 is 0 Å². The van der Waals surface area contributed by atoms with Gasteiger partial charge in [-0.05, 0) is 67.5 Å². The van der Waals surface area contributed by atoms with Gasteiger partial charge >= 0.3 is 12.5 Å². The van der Waals surface area contributed by atoms with E-state index in [1.165, 1.54) is 49.4 Å². The summed E-state index contributed by atoms with van der Waals surface area (Å²) in [6.07, 6.45) is -4.95. The highest BCUT2D eigenvalue weighted by atomic mass is 19.4. The normalized spacial score (nSPS) is 14.8. The maximum Gasteiger partial charge on any atom is 0.573 e. The summed E-state index contributed by atoms with van der Waals surface area (Å²) in [5, 5.41) is 13.9. The van der Waals surface area contributed by atoms with E-state index in [9.17, 15) is 35.8 Å². The lowest BCUT2D eigenvalue weighted by molar-refractivity contribution is -0.303. The maximum absolute atomic E-state index is 13.9. The Morgan fingerprint density at radius 3 is 2.25 bits per heavy atom. The van der Waals surface area contributed by atoms with E-state index in [1.807, 2.05) is 0 Å². The Morgan fingerprint density at radius 1 is 1.08 bits per heavy atom. The van der Waals surface area contributed by atoms with Crippen molar-refractivity contribution in [3.8, 4) is 0 Å². The molecule has 2 rings (SSSR count). The van der Waals surface area contributed by atoms with E-state index in [0.717, 1.165) is 35.5 Å². The lowest BCUT2D eigenvalue weighted by atomic mass is 9.91. The standard InChI is InChI=1S/C24H24F7N3O2/c1-3-4-5-20(36-24(29,30)31)12-13-33-15-22(35,23(26,27)28)17-6-11-21(16(2)14-17)34(32)19-9-7-18(25)8-10-19/h3-14,33,35H,15,32H2,1-2H3/b4-3-,13-12+,20-5+. The average molecular weight is 519 g/mol. The molecular formula is C24H24F7N3O2. The largest absolute Gasteiger partial charge is 0.573 e. The highest BCUT2D eigenvalue weighted by Crippen LogP contribution is 2.40. The molecule has 0 amide bonds. The number of nitrogens with two attached hydrogens (primary N) is 1. The zero-order chi connectivity index (χ0) is 27.1. The third-order valence-corrected chi connectivity index (χ3v) is 4.92. The number of allylic oxidation sites excluding steroid dienone is 4. The van der Waals surface area contributed by atoms with Crippen LogP contribution in [0.15, 0.2) is 78.7 Å². The minimum Gasteiger partial charge on any atom is -0.406 e. The van der Waals surface area contributed by atoms with Crippen molar-refractivity contribution in [2.45, 2.75) is 32.0 Å². The van der Waals surface area contributed by atoms with E-state index in [-0.39, 0.29) is 5.56 Å². The van der Waals surface area contributed by atoms with Crippen molar-refractivity contribution in [2.75, 3.05) is 11.6 Å². The molecule has 0 aliphatic heterocycles. The number of halogens is 7. The van der Waals surface area contributed by atoms with Gasteiger partial charge in [-0.2, -0.15) is 13.2 Å². The molecule has 36 heavy (non-hydrogen) atoms. The molecule has 0 aliphatic rings. The van der Waals surface area contributed by atoms with Gasteiger partial charge in [0.05, 0.1) is 17.9 Å². The molecular weight excluding hydrogens is 495 g/mol. The van der Waals surface area contributed by atoms with Crippen molar-refractivity contribution in [1.82, 2.24) is 5.32 Å². The first-order valence-corrected chi connectivity index (χ1v) is 10.4. The Kier molecular flexibility index (Phi) is 9.16. The van der Waals surface area contributed by atoms with Crippen molar-refractivity contribution < 1.29 is 40.6 Å². The molecule has 5 nitrogen and oxygen atoms in total. The molecule has 196 valence electrons. The van der Waals surface area contributed by atoms with Gasteiger partial charge in [0.25, 0.3) is 0 Å². The number of ether oxygens (including phenoxy) is 1. The van der Waals surface area contributed by atoms with Crippen molar-refractivity contribution in [2.24, 2.45) is 5.84 Å². The molecule has 0 fully saturated rings. The number of anilines is 2. The second kappa shape index (κ2) is 11.5. The fraction of sp³-hybridized carbons (Fsp3) is 0.250. The molecule has 0 radical (unpaired) electrons. The van der Waals surface area contributed by atoms with Gasteiger partial charge in [0.1, 0.15) is 11.6 Å². The summed E-state index contributed by atoms with van der Waals surface area (Å²) in [5.41, 5.74) is -2.99. The number of rotatable bonds is 9. The number of alkyl halides is 6. The monoisotopic (exact) mass is 519 g/mol. The van der Waals surface area contributed by atoms with E-state index in [4.69, 9.17) is 5.84 Å². The Bertz CT molecular complexity index is 1110. The average Bonchev–Trinajstić information content (AvgIpc) is 2.78. The van der Waals surface area contributed by atoms with Crippen LogP contribution >= 0.6 is 0 Å². The van der Waals surface area contributed by atoms with E-state index in [0.29, 0.717) is 11.4 Å². The second-order valence-corrected chi connectivity index (χ2v) is 7.56. The lowest BCUT2D eigenvalue weighted by Gasteiger charge is -2.32. The number of nitrogens with one attached hydrogen (secondary N) is 1. The first kappa shape index (κ1) is 28.7. The van der Waals surface area contributed by atoms with Crippen molar-refractivity contribution >= 4 is 11.4 Å². The van der Waals surface area contributed by atoms with Crippen LogP contribution in [0.3, 0.4) is 0 Å². The molecule has 1 atom stereocenters. The number of aliphatic hydroxyl groups is 1. The minimum absolute atomic E-state index is 0.271. The van der Waals surface area contributed by atoms with Gasteiger partial charge in [-0.3, -0.25) is 5.01 Å². The summed E-state index contributed by atoms with van der Waals surface area (Å²) in [7, 11) is 0. The van der Waals surface area contributed by atoms with Crippen LogP contribution in [0, 0.1) is 12.7 Å². The van der Waals surface area contributed by atoms with Gasteiger partial charge in [0.15, 0.2) is 0 Å². The molecule has 0 saturated heterocycles. The first-order valence-electron chi connectivity index (χ1n) is 10.4. The number of benzene rings is 2. The summed E-state index contributed by atoms with van der Waals surface area (Å²) in [4.78, 5) is 0. The number of nitrogens with zero attached hydrogens (tertiary/aromatic N) is 1. The van der Waals surface area contributed by atoms with Crippen LogP contribution < -0.4 is 16.2 Å². The highest BCUT2D eigenvalue weighted by molar-refractivity contribution is 5.65. The zero-order valence-electron chi connectivity index (χ0n) is 19.2. The summed E-state index contributed by atoms with van der Waals surface area (Å²) in [6.45, 7) is 1.90. The van der Waals surface area contributed by atoms with Gasteiger partial charge in [-0.15, -0.1) is 13.2 Å². The topological polar surface area (TPSA) is 70.8 Å². The first-order chi connectivity index (χ1) is 16.7. The summed E-state index contributed by atoms with van der Waals surface area (Å²) < 4.78 is 96.1. The third kappa shape index (κ3) is 7.49. The minimum atomic E-state index is -5.15. The quantitative estimate of drug-likeness (QED) is 0.125. The Labute approximate surface area is 202 Å². The maximum atomic E-state index is 13.9. The van der Waals surface area contributed by atoms with Crippen LogP contribution in [0.5, 0.6) is 0 Å². The number of hydrogen-bond donors (Lipinski definition) is 3. The number of hydrogen-bond acceptors (Lipinski definition) is 5. The van der Waals surface area contributed by atoms with E-state index in [1.54, 1.807) is 6.92 Å². The third-order valence-electron chi connectivity index (χ3n) is 4.92. The van der Waals surface area contributed by atoms with E-state index in [2.05, 4.69) is 10.1 Å². The molecule has 0 heterocycles. The molecule has 1 unspecified atom stereocenters. The molecule has 0 saturated carbocycles. The summed E-state index contributed by atoms with van der Waals surface area (Å²) >= 11 is 0. The molecule has 2 aromatic rings. The van der Waals surface area contributed by atoms with Crippen molar-refractivity contribution in [3.63, 3.8) is 0 Å². The predicted molar refractivity (Wildman–Crippen MR) is 121 cm³/mol. The van der Waals surface area contributed by atoms with Crippen LogP contribution in [0.25, 0.3) is 0 Å². The SMILES string of the molecule is C\C=C/C=C(\C=C\NCC(O)(c1ccc(N(N)c2ccc(F)cc2)c(C)c1)C(F)(F)F)OC(F)(F)F. The molecule has 0 bridgehead atoms. The van der Waals surface area contributed by atoms with Crippen molar-refractivity contribution in [3.05, 3.63) is 95.7 Å². The van der Waals surface area contributed by atoms with Crippen LogP contribution in [-0.4, -0.2) is 24.2 Å². The van der Waals surface area contributed by atoms with E-state index < -0.39 is 41.8 Å². The molecule has 12 heteroatoms. The van der Waals surface area contributed by atoms with Gasteiger partial charge in [0.2, 0.25) is 5.60 Å². The fourth-order valence-corrected chi connectivity index (χ4v) is 3.09. The van der Waals surface area contributed by atoms with Crippen LogP contribution in [0.2, 0.25) is 0 Å². The van der Waals surface area contributed by atoms with Gasteiger partial charge < -0.3 is 15.2 Å². The number of aryl methyl sites for hydroxylation is 1. The Hall–Kier alpha value is -3.51. The zero-order valence-corrected chi connectivity index (χ0v) is 19.2. The van der Waals surface area contributed by atoms with Gasteiger partial charge in [-0.1, -0.05) is 24.3 Å². The molecule has 0 aromatic heterocycles. The summed E-state index contributed by atoms with van der Waals surface area (Å²) in [5.74, 6) is 4.84. The molecule has 4 N–H and O–H groups in total. The van der Waals surface area contributed by atoms with Gasteiger partial charge in [0, 0.05) is 6.20 Å². The van der Waals surface area contributed by atoms with Crippen LogP contribution in [0.4, 0.5) is 42.1 Å². The molecule has 0 spiro atoms. The molecule has 0 aliphatic carbocycles. The summed E-state index contributed by atoms with van der Waals surface area (Å²) in [6, 6.07) is 8.46. The molecule has 2 aromatic carbocycles. The fourth-order valence-electron chi connectivity index (χ4n) is 3.09. The Morgan fingerprint density at radius 2 is 1.72 bits per heavy atom. The Balaban J connectivity index is 2.28. The number of hydrazine groups is 1. The lowest BCUT2D eigenvalue weighted by Crippen LogP contribution is -2.49. The predicted octanol–water partition coefficient (Wildman–Crippen LogP) is 6.00. The second-order valence-electron chi connectivity index (χ2n) is 7.56. The highest BCUT2D eigenvalue weighted by Gasteiger charge is 2.54. The van der Waals surface area contributed by atoms with Crippen molar-refractivity contribution in [1.29, 1.82) is 0 Å².